The van der Waals surface area contributed by atoms with Crippen molar-refractivity contribution in [2.24, 2.45) is 5.10 Å². The van der Waals surface area contributed by atoms with E-state index >= 15 is 0 Å². The zero-order valence-electron chi connectivity index (χ0n) is 17.9. The summed E-state index contributed by atoms with van der Waals surface area (Å²) < 4.78 is 36.1. The highest BCUT2D eigenvalue weighted by molar-refractivity contribution is 7.87. The number of methoxy groups -OCH3 is 1. The third-order valence-electron chi connectivity index (χ3n) is 4.51. The molecule has 13 heteroatoms. The second kappa shape index (κ2) is 9.95. The molecule has 0 unspecified atom stereocenters. The number of nitro groups is 2. The minimum absolute atomic E-state index is 0.0634. The van der Waals surface area contributed by atoms with Crippen LogP contribution in [-0.2, 0) is 10.1 Å². The molecule has 3 rings (SSSR count). The van der Waals surface area contributed by atoms with Crippen molar-refractivity contribution in [1.82, 2.24) is 0 Å². The summed E-state index contributed by atoms with van der Waals surface area (Å²) in [6, 6.07) is 13.6. The number of nitro benzene ring substituents is 2. The smallest absolute Gasteiger partial charge is 0.339 e. The van der Waals surface area contributed by atoms with E-state index in [2.05, 4.69) is 10.5 Å². The van der Waals surface area contributed by atoms with Crippen LogP contribution < -0.4 is 14.3 Å². The number of nitrogens with one attached hydrogen (secondary N) is 1. The van der Waals surface area contributed by atoms with Gasteiger partial charge in [0.1, 0.15) is 10.6 Å². The van der Waals surface area contributed by atoms with Gasteiger partial charge in [-0.1, -0.05) is 23.8 Å². The van der Waals surface area contributed by atoms with Gasteiger partial charge in [0.15, 0.2) is 11.5 Å². The first-order valence-corrected chi connectivity index (χ1v) is 10.9. The third-order valence-corrected chi connectivity index (χ3v) is 5.75. The summed E-state index contributed by atoms with van der Waals surface area (Å²) in [5.41, 5.74) is 2.37. The van der Waals surface area contributed by atoms with Gasteiger partial charge in [0.25, 0.3) is 5.69 Å². The van der Waals surface area contributed by atoms with Gasteiger partial charge in [0.2, 0.25) is 0 Å². The maximum Gasteiger partial charge on any atom is 0.339 e. The second-order valence-corrected chi connectivity index (χ2v) is 8.36. The van der Waals surface area contributed by atoms with Crippen LogP contribution in [0.4, 0.5) is 17.1 Å². The number of hydrogen-bond acceptors (Lipinski definition) is 10. The van der Waals surface area contributed by atoms with E-state index in [1.54, 1.807) is 18.2 Å². The fourth-order valence-corrected chi connectivity index (χ4v) is 3.76. The molecule has 0 atom stereocenters. The van der Waals surface area contributed by atoms with Gasteiger partial charge in [-0.3, -0.25) is 25.7 Å². The van der Waals surface area contributed by atoms with Crippen LogP contribution in [0.3, 0.4) is 0 Å². The lowest BCUT2D eigenvalue weighted by Crippen LogP contribution is -2.12. The first kappa shape index (κ1) is 24.1. The minimum Gasteiger partial charge on any atom is -0.493 e. The standard InChI is InChI=1S/C21H18N4O8S/c1-14-6-9-17(10-7-14)34(30,31)33-21-15(4-3-5-20(21)32-2)13-22-23-18-11-8-16(24(26)27)12-19(18)25(28)29/h3-13,23H,1-2H3/b22-13+. The normalized spacial score (nSPS) is 11.2. The zero-order valence-corrected chi connectivity index (χ0v) is 18.7. The summed E-state index contributed by atoms with van der Waals surface area (Å²) in [5, 5.41) is 26.0. The van der Waals surface area contributed by atoms with E-state index in [0.29, 0.717) is 0 Å². The van der Waals surface area contributed by atoms with Crippen molar-refractivity contribution in [3.63, 3.8) is 0 Å². The molecule has 0 aliphatic carbocycles. The number of anilines is 1. The van der Waals surface area contributed by atoms with Gasteiger partial charge in [-0.25, -0.2) is 0 Å². The molecule has 3 aromatic carbocycles. The monoisotopic (exact) mass is 486 g/mol. The second-order valence-electron chi connectivity index (χ2n) is 6.81. The number of para-hydroxylation sites is 1. The molecule has 0 saturated heterocycles. The van der Waals surface area contributed by atoms with Crippen LogP contribution in [0.25, 0.3) is 0 Å². The maximum absolute atomic E-state index is 12.8. The van der Waals surface area contributed by atoms with E-state index in [1.165, 1.54) is 37.6 Å². The molecule has 12 nitrogen and oxygen atoms in total. The molecule has 0 aliphatic heterocycles. The molecular formula is C21H18N4O8S. The number of hydrazone groups is 1. The maximum atomic E-state index is 12.8. The van der Waals surface area contributed by atoms with Crippen LogP contribution in [0.1, 0.15) is 11.1 Å². The molecule has 176 valence electrons. The molecule has 0 aliphatic rings. The highest BCUT2D eigenvalue weighted by Gasteiger charge is 2.22. The quantitative estimate of drug-likeness (QED) is 0.203. The third kappa shape index (κ3) is 5.45. The molecule has 1 N–H and O–H groups in total. The summed E-state index contributed by atoms with van der Waals surface area (Å²) >= 11 is 0. The molecular weight excluding hydrogens is 468 g/mol. The Bertz CT molecular complexity index is 1370. The lowest BCUT2D eigenvalue weighted by atomic mass is 10.2. The molecule has 0 amide bonds. The topological polar surface area (TPSA) is 163 Å². The fourth-order valence-electron chi connectivity index (χ4n) is 2.80. The number of hydrogen-bond donors (Lipinski definition) is 1. The van der Waals surface area contributed by atoms with E-state index in [4.69, 9.17) is 8.92 Å². The lowest BCUT2D eigenvalue weighted by Gasteiger charge is -2.13. The number of ether oxygens (including phenoxy) is 1. The van der Waals surface area contributed by atoms with Gasteiger partial charge in [-0.2, -0.15) is 13.5 Å². The van der Waals surface area contributed by atoms with E-state index in [9.17, 15) is 28.6 Å². The van der Waals surface area contributed by atoms with Gasteiger partial charge < -0.3 is 8.92 Å². The Hall–Kier alpha value is -4.52. The van der Waals surface area contributed by atoms with Crippen molar-refractivity contribution in [3.8, 4) is 11.5 Å². The minimum atomic E-state index is -4.21. The molecule has 3 aromatic rings. The first-order valence-electron chi connectivity index (χ1n) is 9.52. The number of non-ortho nitro benzene ring substituents is 1. The van der Waals surface area contributed by atoms with Gasteiger partial charge in [-0.05, 0) is 37.3 Å². The van der Waals surface area contributed by atoms with Crippen LogP contribution >= 0.6 is 0 Å². The van der Waals surface area contributed by atoms with Gasteiger partial charge in [-0.15, -0.1) is 0 Å². The number of nitrogens with zero attached hydrogens (tertiary/aromatic N) is 3. The van der Waals surface area contributed by atoms with E-state index in [1.807, 2.05) is 6.92 Å². The largest absolute Gasteiger partial charge is 0.493 e. The lowest BCUT2D eigenvalue weighted by molar-refractivity contribution is -0.393. The molecule has 0 heterocycles. The van der Waals surface area contributed by atoms with Gasteiger partial charge >= 0.3 is 15.8 Å². The van der Waals surface area contributed by atoms with Crippen LogP contribution in [-0.4, -0.2) is 31.6 Å². The molecule has 0 spiro atoms. The highest BCUT2D eigenvalue weighted by Crippen LogP contribution is 2.33. The van der Waals surface area contributed by atoms with Crippen LogP contribution in [0.5, 0.6) is 11.5 Å². The Balaban J connectivity index is 1.92. The summed E-state index contributed by atoms with van der Waals surface area (Å²) in [7, 11) is -2.88. The molecule has 0 saturated carbocycles. The summed E-state index contributed by atoms with van der Waals surface area (Å²) in [5.74, 6) is -0.0322. The number of aryl methyl sites for hydroxylation is 1. The van der Waals surface area contributed by atoms with E-state index in [-0.39, 0.29) is 27.6 Å². The zero-order chi connectivity index (χ0) is 24.9. The summed E-state index contributed by atoms with van der Waals surface area (Å²) in [6.45, 7) is 1.81. The van der Waals surface area contributed by atoms with Crippen molar-refractivity contribution in [2.75, 3.05) is 12.5 Å². The SMILES string of the molecule is COc1cccc(/C=N/Nc2ccc([N+](=O)[O-])cc2[N+](=O)[O-])c1OS(=O)(=O)c1ccc(C)cc1. The Labute approximate surface area is 193 Å². The van der Waals surface area contributed by atoms with Crippen LogP contribution in [0, 0.1) is 27.2 Å². The average Bonchev–Trinajstić information content (AvgIpc) is 2.80. The predicted molar refractivity (Wildman–Crippen MR) is 123 cm³/mol. The summed E-state index contributed by atoms with van der Waals surface area (Å²) in [6.07, 6.45) is 1.17. The molecule has 34 heavy (non-hydrogen) atoms. The Morgan fingerprint density at radius 2 is 1.71 bits per heavy atom. The number of benzene rings is 3. The molecule has 0 radical (unpaired) electrons. The van der Waals surface area contributed by atoms with Crippen molar-refractivity contribution < 1.29 is 27.2 Å². The molecule has 0 aromatic heterocycles. The average molecular weight is 486 g/mol. The van der Waals surface area contributed by atoms with Crippen LogP contribution in [0.2, 0.25) is 0 Å². The van der Waals surface area contributed by atoms with E-state index in [0.717, 1.165) is 23.8 Å². The van der Waals surface area contributed by atoms with Gasteiger partial charge in [0, 0.05) is 11.6 Å². The molecule has 0 bridgehead atoms. The van der Waals surface area contributed by atoms with Gasteiger partial charge in [0.05, 0.1) is 29.2 Å². The fraction of sp³-hybridized carbons (Fsp3) is 0.0952. The Morgan fingerprint density at radius 3 is 2.32 bits per heavy atom. The predicted octanol–water partition coefficient (Wildman–Crippen LogP) is 4.03. The van der Waals surface area contributed by atoms with Crippen molar-refractivity contribution in [1.29, 1.82) is 0 Å². The van der Waals surface area contributed by atoms with Crippen molar-refractivity contribution in [3.05, 3.63) is 92.0 Å². The van der Waals surface area contributed by atoms with Crippen LogP contribution in [0.15, 0.2) is 70.7 Å². The van der Waals surface area contributed by atoms with Crippen molar-refractivity contribution in [2.45, 2.75) is 11.8 Å². The highest BCUT2D eigenvalue weighted by atomic mass is 32.2. The number of rotatable bonds is 9. The Kier molecular flexibility index (Phi) is 7.06. The first-order chi connectivity index (χ1) is 16.1. The van der Waals surface area contributed by atoms with E-state index < -0.39 is 31.3 Å². The summed E-state index contributed by atoms with van der Waals surface area (Å²) in [4.78, 5) is 20.5. The Morgan fingerprint density at radius 1 is 1.00 bits per heavy atom. The van der Waals surface area contributed by atoms with Crippen molar-refractivity contribution >= 4 is 33.4 Å². The molecule has 0 fully saturated rings.